The molecule has 76 valence electrons. The van der Waals surface area contributed by atoms with Gasteiger partial charge in [-0.3, -0.25) is 5.32 Å². The van der Waals surface area contributed by atoms with Gasteiger partial charge in [0, 0.05) is 12.4 Å². The summed E-state index contributed by atoms with van der Waals surface area (Å²) in [6, 6.07) is 0. The number of aromatic nitrogens is 2. The maximum absolute atomic E-state index is 11.0. The Morgan fingerprint density at radius 3 is 2.79 bits per heavy atom. The normalized spacial score (nSPS) is 9.57. The smallest absolute Gasteiger partial charge is 0.414 e. The Labute approximate surface area is 94.0 Å². The van der Waals surface area contributed by atoms with Crippen molar-refractivity contribution in [2.45, 2.75) is 0 Å². The first-order valence-electron chi connectivity index (χ1n) is 3.69. The minimum atomic E-state index is -0.618. The number of hydrogen-bond donors (Lipinski definition) is 1. The quantitative estimate of drug-likeness (QED) is 0.861. The Morgan fingerprint density at radius 2 is 2.21 bits per heavy atom. The molecule has 14 heavy (non-hydrogen) atoms. The number of carbonyl (C=O) groups is 1. The lowest BCUT2D eigenvalue weighted by Crippen LogP contribution is -2.16. The third-order valence-electron chi connectivity index (χ3n) is 1.14. The van der Waals surface area contributed by atoms with Crippen LogP contribution < -0.4 is 5.32 Å². The summed E-state index contributed by atoms with van der Waals surface area (Å²) in [6.07, 6.45) is 2.42. The number of hydrogen-bond acceptors (Lipinski definition) is 4. The number of amides is 1. The van der Waals surface area contributed by atoms with Gasteiger partial charge >= 0.3 is 6.09 Å². The van der Waals surface area contributed by atoms with Gasteiger partial charge in [0.05, 0.1) is 10.4 Å². The number of rotatable bonds is 3. The van der Waals surface area contributed by atoms with E-state index in [0.29, 0.717) is 0 Å². The third-order valence-corrected chi connectivity index (χ3v) is 1.71. The summed E-state index contributed by atoms with van der Waals surface area (Å²) in [5, 5.41) is 2.34. The molecule has 0 atom stereocenters. The highest BCUT2D eigenvalue weighted by Gasteiger charge is 2.03. The lowest BCUT2D eigenvalue weighted by molar-refractivity contribution is 0.168. The van der Waals surface area contributed by atoms with E-state index in [9.17, 15) is 4.79 Å². The second kappa shape index (κ2) is 5.77. The fourth-order valence-electron chi connectivity index (χ4n) is 0.635. The first-order valence-corrected chi connectivity index (χ1v) is 5.02. The molecule has 0 aliphatic carbocycles. The molecular formula is C7H7BrClN3O2. The van der Waals surface area contributed by atoms with Crippen LogP contribution in [0.4, 0.5) is 10.7 Å². The van der Waals surface area contributed by atoms with E-state index in [1.165, 1.54) is 12.4 Å². The molecule has 0 aromatic carbocycles. The average Bonchev–Trinajstić information content (AvgIpc) is 2.18. The molecule has 0 saturated carbocycles. The summed E-state index contributed by atoms with van der Waals surface area (Å²) < 4.78 is 5.39. The molecule has 0 bridgehead atoms. The zero-order valence-electron chi connectivity index (χ0n) is 7.04. The summed E-state index contributed by atoms with van der Waals surface area (Å²) in [6.45, 7) is 0.157. The van der Waals surface area contributed by atoms with Crippen molar-refractivity contribution in [2.75, 3.05) is 17.8 Å². The molecule has 1 amide bonds. The summed E-state index contributed by atoms with van der Waals surface area (Å²) in [5.74, 6) is 0.446. The van der Waals surface area contributed by atoms with Crippen molar-refractivity contribution in [1.29, 1.82) is 0 Å². The maximum Gasteiger partial charge on any atom is 0.414 e. The summed E-state index contributed by atoms with van der Waals surface area (Å²) in [7, 11) is 0. The summed E-state index contributed by atoms with van der Waals surface area (Å²) in [5.41, 5.74) is 0. The van der Waals surface area contributed by atoms with Crippen molar-refractivity contribution < 1.29 is 9.53 Å². The van der Waals surface area contributed by atoms with Gasteiger partial charge in [-0.25, -0.2) is 14.8 Å². The monoisotopic (exact) mass is 279 g/mol. The fraction of sp³-hybridized carbons (Fsp3) is 0.286. The highest BCUT2D eigenvalue weighted by Crippen LogP contribution is 2.06. The van der Waals surface area contributed by atoms with Gasteiger partial charge in [-0.05, 0) is 15.9 Å². The van der Waals surface area contributed by atoms with Gasteiger partial charge in [-0.15, -0.1) is 11.6 Å². The molecule has 0 spiro atoms. The van der Waals surface area contributed by atoms with Crippen molar-refractivity contribution in [3.8, 4) is 0 Å². The van der Waals surface area contributed by atoms with Crippen LogP contribution in [0.25, 0.3) is 0 Å². The maximum atomic E-state index is 11.0. The lowest BCUT2D eigenvalue weighted by Gasteiger charge is -2.03. The number of ether oxygens (including phenoxy) is 1. The summed E-state index contributed by atoms with van der Waals surface area (Å²) >= 11 is 8.49. The number of halogens is 2. The highest BCUT2D eigenvalue weighted by atomic mass is 79.9. The van der Waals surface area contributed by atoms with Crippen LogP contribution in [0, 0.1) is 0 Å². The van der Waals surface area contributed by atoms with Crippen LogP contribution in [0.2, 0.25) is 0 Å². The zero-order chi connectivity index (χ0) is 10.4. The predicted molar refractivity (Wildman–Crippen MR) is 55.4 cm³/mol. The SMILES string of the molecule is O=C(Nc1ncc(Br)cn1)OCCCl. The number of nitrogens with zero attached hydrogens (tertiary/aromatic N) is 2. The Kier molecular flexibility index (Phi) is 4.61. The molecule has 1 aromatic heterocycles. The topological polar surface area (TPSA) is 64.1 Å². The Morgan fingerprint density at radius 1 is 1.57 bits per heavy atom. The Balaban J connectivity index is 2.44. The van der Waals surface area contributed by atoms with Crippen molar-refractivity contribution in [3.05, 3.63) is 16.9 Å². The molecule has 1 aromatic rings. The van der Waals surface area contributed by atoms with E-state index in [-0.39, 0.29) is 18.4 Å². The van der Waals surface area contributed by atoms with Crippen molar-refractivity contribution in [3.63, 3.8) is 0 Å². The van der Waals surface area contributed by atoms with Crippen LogP contribution >= 0.6 is 27.5 Å². The van der Waals surface area contributed by atoms with Gasteiger partial charge < -0.3 is 4.74 Å². The second-order valence-electron chi connectivity index (χ2n) is 2.17. The minimum absolute atomic E-state index is 0.157. The predicted octanol–water partition coefficient (Wildman–Crippen LogP) is 2.03. The molecule has 0 unspecified atom stereocenters. The van der Waals surface area contributed by atoms with E-state index in [1.807, 2.05) is 0 Å². The Hall–Kier alpha value is -0.880. The Bertz CT molecular complexity index is 306. The first-order chi connectivity index (χ1) is 6.72. The van der Waals surface area contributed by atoms with Crippen LogP contribution in [0.1, 0.15) is 0 Å². The van der Waals surface area contributed by atoms with E-state index >= 15 is 0 Å². The van der Waals surface area contributed by atoms with E-state index in [4.69, 9.17) is 11.6 Å². The molecule has 1 N–H and O–H groups in total. The van der Waals surface area contributed by atoms with Crippen molar-refractivity contribution in [1.82, 2.24) is 9.97 Å². The van der Waals surface area contributed by atoms with E-state index in [1.54, 1.807) is 0 Å². The fourth-order valence-corrected chi connectivity index (χ4v) is 0.917. The molecule has 0 aliphatic rings. The summed E-state index contributed by atoms with van der Waals surface area (Å²) in [4.78, 5) is 18.6. The molecule has 1 rings (SSSR count). The highest BCUT2D eigenvalue weighted by molar-refractivity contribution is 9.10. The van der Waals surface area contributed by atoms with Gasteiger partial charge in [0.25, 0.3) is 0 Å². The largest absolute Gasteiger partial charge is 0.448 e. The molecular weight excluding hydrogens is 273 g/mol. The number of alkyl halides is 1. The van der Waals surface area contributed by atoms with E-state index in [2.05, 4.69) is 36.0 Å². The number of nitrogens with one attached hydrogen (secondary N) is 1. The minimum Gasteiger partial charge on any atom is -0.448 e. The molecule has 0 fully saturated rings. The van der Waals surface area contributed by atoms with Gasteiger partial charge in [0.1, 0.15) is 6.61 Å². The van der Waals surface area contributed by atoms with Crippen molar-refractivity contribution >= 4 is 39.6 Å². The van der Waals surface area contributed by atoms with Crippen LogP contribution in [0.3, 0.4) is 0 Å². The second-order valence-corrected chi connectivity index (χ2v) is 3.47. The first kappa shape index (κ1) is 11.2. The van der Waals surface area contributed by atoms with Crippen molar-refractivity contribution in [2.24, 2.45) is 0 Å². The standard InChI is InChI=1S/C7H7BrClN3O2/c8-5-3-10-6(11-4-5)12-7(13)14-2-1-9/h3-4H,1-2H2,(H,10,11,12,13). The van der Waals surface area contributed by atoms with Crippen LogP contribution in [-0.4, -0.2) is 28.5 Å². The van der Waals surface area contributed by atoms with Crippen LogP contribution in [-0.2, 0) is 4.74 Å². The van der Waals surface area contributed by atoms with Crippen LogP contribution in [0.15, 0.2) is 16.9 Å². The molecule has 7 heteroatoms. The van der Waals surface area contributed by atoms with E-state index < -0.39 is 6.09 Å². The molecule has 5 nitrogen and oxygen atoms in total. The van der Waals surface area contributed by atoms with Gasteiger partial charge in [0.15, 0.2) is 0 Å². The average molecular weight is 281 g/mol. The third kappa shape index (κ3) is 3.89. The number of anilines is 1. The van der Waals surface area contributed by atoms with Gasteiger partial charge in [-0.1, -0.05) is 0 Å². The lowest BCUT2D eigenvalue weighted by atomic mass is 10.7. The van der Waals surface area contributed by atoms with Gasteiger partial charge in [-0.2, -0.15) is 0 Å². The number of carbonyl (C=O) groups excluding carboxylic acids is 1. The zero-order valence-corrected chi connectivity index (χ0v) is 9.38. The van der Waals surface area contributed by atoms with Crippen LogP contribution in [0.5, 0.6) is 0 Å². The molecule has 0 saturated heterocycles. The van der Waals surface area contributed by atoms with Gasteiger partial charge in [0.2, 0.25) is 5.95 Å². The molecule has 0 aliphatic heterocycles. The molecule has 0 radical (unpaired) electrons. The van der Waals surface area contributed by atoms with E-state index in [0.717, 1.165) is 4.47 Å². The molecule has 1 heterocycles.